The Morgan fingerprint density at radius 1 is 1.20 bits per heavy atom. The summed E-state index contributed by atoms with van der Waals surface area (Å²) in [5.41, 5.74) is 5.56. The molecule has 0 spiro atoms. The number of anilines is 1. The van der Waals surface area contributed by atoms with Crippen LogP contribution in [0.1, 0.15) is 43.9 Å². The predicted octanol–water partition coefficient (Wildman–Crippen LogP) is 3.97. The van der Waals surface area contributed by atoms with Crippen LogP contribution in [0.3, 0.4) is 0 Å². The molecule has 4 rings (SSSR count). The molecule has 0 aromatic carbocycles. The van der Waals surface area contributed by atoms with Gasteiger partial charge in [-0.15, -0.1) is 0 Å². The molecule has 156 valence electrons. The summed E-state index contributed by atoms with van der Waals surface area (Å²) in [5.74, 6) is 1.69. The number of nitrogens with zero attached hydrogens (tertiary/aromatic N) is 6. The lowest BCUT2D eigenvalue weighted by atomic mass is 10.1. The van der Waals surface area contributed by atoms with E-state index < -0.39 is 0 Å². The minimum Gasteiger partial charge on any atom is -0.477 e. The largest absolute Gasteiger partial charge is 0.477 e. The van der Waals surface area contributed by atoms with Gasteiger partial charge in [0, 0.05) is 19.4 Å². The maximum atomic E-state index is 5.74. The van der Waals surface area contributed by atoms with Gasteiger partial charge in [-0.25, -0.2) is 14.5 Å². The third kappa shape index (κ3) is 3.72. The summed E-state index contributed by atoms with van der Waals surface area (Å²) in [6.45, 7) is 9.36. The monoisotopic (exact) mass is 405 g/mol. The molecule has 4 heterocycles. The Morgan fingerprint density at radius 3 is 2.73 bits per heavy atom. The Morgan fingerprint density at radius 2 is 2.03 bits per heavy atom. The van der Waals surface area contributed by atoms with E-state index in [4.69, 9.17) is 14.8 Å². The van der Waals surface area contributed by atoms with Crippen molar-refractivity contribution < 1.29 is 4.74 Å². The molecule has 0 fully saturated rings. The van der Waals surface area contributed by atoms with Gasteiger partial charge in [0.2, 0.25) is 5.88 Å². The molecule has 8 heteroatoms. The van der Waals surface area contributed by atoms with Crippen LogP contribution in [0.15, 0.2) is 36.7 Å². The number of imidazole rings is 1. The molecule has 4 aromatic heterocycles. The van der Waals surface area contributed by atoms with Gasteiger partial charge in [0.05, 0.1) is 41.5 Å². The van der Waals surface area contributed by atoms with Crippen LogP contribution in [-0.4, -0.2) is 36.0 Å². The Hall–Kier alpha value is -3.42. The van der Waals surface area contributed by atoms with Gasteiger partial charge >= 0.3 is 0 Å². The van der Waals surface area contributed by atoms with Crippen molar-refractivity contribution in [3.63, 3.8) is 0 Å². The van der Waals surface area contributed by atoms with E-state index in [1.807, 2.05) is 55.9 Å². The molecule has 8 nitrogen and oxygen atoms in total. The minimum atomic E-state index is 0.272. The fourth-order valence-corrected chi connectivity index (χ4v) is 3.51. The first-order chi connectivity index (χ1) is 14.5. The van der Waals surface area contributed by atoms with Crippen LogP contribution in [0.2, 0.25) is 0 Å². The summed E-state index contributed by atoms with van der Waals surface area (Å²) in [6, 6.07) is 7.92. The quantitative estimate of drug-likeness (QED) is 0.501. The lowest BCUT2D eigenvalue weighted by molar-refractivity contribution is 0.328. The fourth-order valence-electron chi connectivity index (χ4n) is 3.51. The summed E-state index contributed by atoms with van der Waals surface area (Å²) in [5, 5.41) is 12.9. The zero-order chi connectivity index (χ0) is 21.3. The second kappa shape index (κ2) is 8.14. The number of aryl methyl sites for hydroxylation is 2. The van der Waals surface area contributed by atoms with Crippen molar-refractivity contribution in [2.24, 2.45) is 7.05 Å². The van der Waals surface area contributed by atoms with Gasteiger partial charge in [0.1, 0.15) is 11.3 Å². The molecule has 0 saturated carbocycles. The van der Waals surface area contributed by atoms with E-state index in [1.165, 1.54) is 0 Å². The van der Waals surface area contributed by atoms with Crippen LogP contribution >= 0.6 is 0 Å². The first-order valence-electron chi connectivity index (χ1n) is 10.2. The Labute approximate surface area is 175 Å². The average molecular weight is 406 g/mol. The second-order valence-corrected chi connectivity index (χ2v) is 7.53. The minimum absolute atomic E-state index is 0.272. The molecule has 0 aliphatic rings. The van der Waals surface area contributed by atoms with E-state index in [0.29, 0.717) is 19.0 Å². The second-order valence-electron chi connectivity index (χ2n) is 7.53. The van der Waals surface area contributed by atoms with E-state index in [0.717, 1.165) is 39.7 Å². The molecule has 30 heavy (non-hydrogen) atoms. The zero-order valence-corrected chi connectivity index (χ0v) is 18.0. The third-order valence-electron chi connectivity index (χ3n) is 4.89. The highest BCUT2D eigenvalue weighted by Crippen LogP contribution is 2.33. The SMILES string of the molecule is CCOc1ncccc1-c1cc(NCc2ccn(C)n2)c2c(C(C)C)nc(C)n2n1. The number of aromatic nitrogens is 6. The molecular weight excluding hydrogens is 378 g/mol. The van der Waals surface area contributed by atoms with Crippen LogP contribution < -0.4 is 10.1 Å². The maximum absolute atomic E-state index is 5.74. The van der Waals surface area contributed by atoms with Crippen molar-refractivity contribution in [3.8, 4) is 17.1 Å². The zero-order valence-electron chi connectivity index (χ0n) is 18.0. The van der Waals surface area contributed by atoms with Gasteiger partial charge in [0.15, 0.2) is 0 Å². The van der Waals surface area contributed by atoms with Crippen LogP contribution in [0.25, 0.3) is 16.8 Å². The van der Waals surface area contributed by atoms with Crippen molar-refractivity contribution in [2.45, 2.75) is 40.2 Å². The first kappa shape index (κ1) is 19.9. The van der Waals surface area contributed by atoms with Crippen molar-refractivity contribution >= 4 is 11.2 Å². The number of hydrogen-bond donors (Lipinski definition) is 1. The smallest absolute Gasteiger partial charge is 0.222 e. The van der Waals surface area contributed by atoms with E-state index in [-0.39, 0.29) is 5.92 Å². The van der Waals surface area contributed by atoms with Crippen LogP contribution in [0.4, 0.5) is 5.69 Å². The van der Waals surface area contributed by atoms with Gasteiger partial charge in [-0.1, -0.05) is 13.8 Å². The number of fused-ring (bicyclic) bond motifs is 1. The summed E-state index contributed by atoms with van der Waals surface area (Å²) in [6.07, 6.45) is 3.67. The van der Waals surface area contributed by atoms with Gasteiger partial charge in [-0.2, -0.15) is 10.2 Å². The molecule has 0 aliphatic carbocycles. The van der Waals surface area contributed by atoms with E-state index in [2.05, 4.69) is 29.2 Å². The summed E-state index contributed by atoms with van der Waals surface area (Å²) >= 11 is 0. The summed E-state index contributed by atoms with van der Waals surface area (Å²) < 4.78 is 9.45. The van der Waals surface area contributed by atoms with E-state index >= 15 is 0 Å². The van der Waals surface area contributed by atoms with Crippen LogP contribution in [0, 0.1) is 6.92 Å². The van der Waals surface area contributed by atoms with Crippen molar-refractivity contribution in [1.82, 2.24) is 29.4 Å². The highest BCUT2D eigenvalue weighted by Gasteiger charge is 2.20. The Bertz CT molecular complexity index is 1180. The topological polar surface area (TPSA) is 82.2 Å². The highest BCUT2D eigenvalue weighted by atomic mass is 16.5. The van der Waals surface area contributed by atoms with Gasteiger partial charge in [0.25, 0.3) is 0 Å². The normalized spacial score (nSPS) is 11.4. The molecule has 0 atom stereocenters. The molecule has 0 amide bonds. The lowest BCUT2D eigenvalue weighted by Crippen LogP contribution is -2.07. The molecular formula is C22H27N7O. The third-order valence-corrected chi connectivity index (χ3v) is 4.89. The van der Waals surface area contributed by atoms with Crippen LogP contribution in [0.5, 0.6) is 5.88 Å². The molecule has 0 saturated heterocycles. The molecule has 0 radical (unpaired) electrons. The molecule has 1 N–H and O–H groups in total. The lowest BCUT2D eigenvalue weighted by Gasteiger charge is -2.14. The van der Waals surface area contributed by atoms with Crippen molar-refractivity contribution in [2.75, 3.05) is 11.9 Å². The number of rotatable bonds is 7. The number of nitrogens with one attached hydrogen (secondary N) is 1. The molecule has 0 bridgehead atoms. The van der Waals surface area contributed by atoms with Crippen LogP contribution in [-0.2, 0) is 13.6 Å². The highest BCUT2D eigenvalue weighted by molar-refractivity contribution is 5.80. The molecule has 0 aliphatic heterocycles. The standard InChI is InChI=1S/C22H27N7O/c1-6-30-22-17(8-7-10-23-22)18-12-19(24-13-16-9-11-28(5)26-16)21-20(14(2)3)25-15(4)29(21)27-18/h7-12,14,24H,6,13H2,1-5H3. The maximum Gasteiger partial charge on any atom is 0.222 e. The first-order valence-corrected chi connectivity index (χ1v) is 10.2. The average Bonchev–Trinajstić information content (AvgIpc) is 3.30. The number of hydrogen-bond acceptors (Lipinski definition) is 6. The molecule has 0 unspecified atom stereocenters. The summed E-state index contributed by atoms with van der Waals surface area (Å²) in [4.78, 5) is 9.18. The Balaban J connectivity index is 1.86. The van der Waals surface area contributed by atoms with Gasteiger partial charge in [-0.05, 0) is 44.0 Å². The summed E-state index contributed by atoms with van der Waals surface area (Å²) in [7, 11) is 1.92. The fraction of sp³-hybridized carbons (Fsp3) is 0.364. The Kier molecular flexibility index (Phi) is 5.39. The number of ether oxygens (including phenoxy) is 1. The van der Waals surface area contributed by atoms with Gasteiger partial charge < -0.3 is 10.1 Å². The predicted molar refractivity (Wildman–Crippen MR) is 117 cm³/mol. The van der Waals surface area contributed by atoms with E-state index in [1.54, 1.807) is 10.9 Å². The number of pyridine rings is 1. The van der Waals surface area contributed by atoms with Gasteiger partial charge in [-0.3, -0.25) is 4.68 Å². The molecule has 4 aromatic rings. The van der Waals surface area contributed by atoms with Crippen molar-refractivity contribution in [3.05, 3.63) is 53.9 Å². The van der Waals surface area contributed by atoms with Crippen molar-refractivity contribution in [1.29, 1.82) is 0 Å². The van der Waals surface area contributed by atoms with E-state index in [9.17, 15) is 0 Å².